The van der Waals surface area contributed by atoms with Crippen molar-refractivity contribution < 1.29 is 14.6 Å². The lowest BCUT2D eigenvalue weighted by molar-refractivity contribution is -0.157. The largest absolute Gasteiger partial charge is 0.508 e. The zero-order chi connectivity index (χ0) is 14.6. The second-order valence-electron chi connectivity index (χ2n) is 5.74. The van der Waals surface area contributed by atoms with Crippen molar-refractivity contribution in [2.24, 2.45) is 0 Å². The molecule has 0 aromatic heterocycles. The molecular formula is C15H23NO3. The van der Waals surface area contributed by atoms with Crippen molar-refractivity contribution >= 4 is 5.97 Å². The van der Waals surface area contributed by atoms with Gasteiger partial charge in [-0.3, -0.25) is 10.1 Å². The molecule has 0 aliphatic heterocycles. The number of hydrogen-bond donors (Lipinski definition) is 2. The molecule has 0 saturated heterocycles. The molecule has 1 rings (SSSR count). The van der Waals surface area contributed by atoms with Crippen LogP contribution in [0.15, 0.2) is 24.3 Å². The van der Waals surface area contributed by atoms with Gasteiger partial charge in [0, 0.05) is 6.04 Å². The Morgan fingerprint density at radius 1 is 1.32 bits per heavy atom. The minimum atomic E-state index is -0.485. The van der Waals surface area contributed by atoms with Crippen LogP contribution in [0, 0.1) is 0 Å². The van der Waals surface area contributed by atoms with Gasteiger partial charge in [-0.1, -0.05) is 12.1 Å². The predicted octanol–water partition coefficient (Wildman–Crippen LogP) is 2.77. The molecule has 2 atom stereocenters. The van der Waals surface area contributed by atoms with E-state index in [0.717, 1.165) is 5.56 Å². The lowest BCUT2D eigenvalue weighted by Crippen LogP contribution is -2.40. The van der Waals surface area contributed by atoms with Gasteiger partial charge in [-0.05, 0) is 52.3 Å². The monoisotopic (exact) mass is 265 g/mol. The number of phenols is 1. The van der Waals surface area contributed by atoms with Gasteiger partial charge in [-0.2, -0.15) is 0 Å². The second-order valence-corrected chi connectivity index (χ2v) is 5.74. The van der Waals surface area contributed by atoms with E-state index in [1.54, 1.807) is 25.1 Å². The van der Waals surface area contributed by atoms with Gasteiger partial charge in [0.05, 0.1) is 0 Å². The van der Waals surface area contributed by atoms with E-state index in [0.29, 0.717) is 0 Å². The summed E-state index contributed by atoms with van der Waals surface area (Å²) in [6.45, 7) is 9.24. The standard InChI is InChI=1S/C15H23NO3/c1-10(12-7-6-8-13(17)9-12)16-11(2)14(18)19-15(3,4)5/h6-11,16-17H,1-5H3/t10-,11-/m0/s1. The van der Waals surface area contributed by atoms with Gasteiger partial charge in [0.25, 0.3) is 0 Å². The van der Waals surface area contributed by atoms with Gasteiger partial charge < -0.3 is 9.84 Å². The molecule has 0 saturated carbocycles. The van der Waals surface area contributed by atoms with Crippen LogP contribution in [0.3, 0.4) is 0 Å². The fourth-order valence-corrected chi connectivity index (χ4v) is 1.72. The maximum Gasteiger partial charge on any atom is 0.323 e. The fourth-order valence-electron chi connectivity index (χ4n) is 1.72. The Bertz CT molecular complexity index is 437. The van der Waals surface area contributed by atoms with E-state index in [2.05, 4.69) is 5.32 Å². The van der Waals surface area contributed by atoms with Gasteiger partial charge in [-0.25, -0.2) is 0 Å². The molecule has 106 valence electrons. The van der Waals surface area contributed by atoms with Crippen LogP contribution < -0.4 is 5.32 Å². The maximum atomic E-state index is 11.9. The van der Waals surface area contributed by atoms with Crippen molar-refractivity contribution in [1.29, 1.82) is 0 Å². The number of rotatable bonds is 4. The third-order valence-electron chi connectivity index (χ3n) is 2.63. The first-order valence-corrected chi connectivity index (χ1v) is 6.47. The molecule has 0 heterocycles. The number of ether oxygens (including phenoxy) is 1. The molecule has 1 aromatic carbocycles. The summed E-state index contributed by atoms with van der Waals surface area (Å²) < 4.78 is 5.31. The highest BCUT2D eigenvalue weighted by Crippen LogP contribution is 2.18. The number of phenolic OH excluding ortho intramolecular Hbond substituents is 1. The fraction of sp³-hybridized carbons (Fsp3) is 0.533. The first-order chi connectivity index (χ1) is 8.69. The van der Waals surface area contributed by atoms with Crippen LogP contribution in [0.1, 0.15) is 46.2 Å². The quantitative estimate of drug-likeness (QED) is 0.822. The molecule has 4 heteroatoms. The normalized spacial score (nSPS) is 14.8. The van der Waals surface area contributed by atoms with Crippen molar-refractivity contribution in [3.63, 3.8) is 0 Å². The summed E-state index contributed by atoms with van der Waals surface area (Å²) in [4.78, 5) is 11.9. The van der Waals surface area contributed by atoms with Gasteiger partial charge in [0.15, 0.2) is 0 Å². The molecule has 1 aromatic rings. The van der Waals surface area contributed by atoms with Crippen LogP contribution in [0.25, 0.3) is 0 Å². The Morgan fingerprint density at radius 2 is 1.95 bits per heavy atom. The first-order valence-electron chi connectivity index (χ1n) is 6.47. The Balaban J connectivity index is 2.61. The Hall–Kier alpha value is -1.55. The molecule has 0 aliphatic rings. The van der Waals surface area contributed by atoms with Crippen molar-refractivity contribution in [3.8, 4) is 5.75 Å². The Morgan fingerprint density at radius 3 is 2.47 bits per heavy atom. The molecule has 0 bridgehead atoms. The van der Waals surface area contributed by atoms with Gasteiger partial charge in [0.2, 0.25) is 0 Å². The van der Waals surface area contributed by atoms with E-state index < -0.39 is 11.6 Å². The van der Waals surface area contributed by atoms with E-state index in [-0.39, 0.29) is 17.8 Å². The highest BCUT2D eigenvalue weighted by molar-refractivity contribution is 5.75. The first kappa shape index (κ1) is 15.5. The molecule has 0 unspecified atom stereocenters. The van der Waals surface area contributed by atoms with Crippen molar-refractivity contribution in [2.45, 2.75) is 52.3 Å². The zero-order valence-corrected chi connectivity index (χ0v) is 12.2. The number of carbonyl (C=O) groups excluding carboxylic acids is 1. The number of benzene rings is 1. The number of esters is 1. The SMILES string of the molecule is C[C@H](N[C@@H](C)c1cccc(O)c1)C(=O)OC(C)(C)C. The lowest BCUT2D eigenvalue weighted by atomic mass is 10.1. The Kier molecular flexibility index (Phi) is 4.95. The molecule has 0 spiro atoms. The van der Waals surface area contributed by atoms with Gasteiger partial charge in [0.1, 0.15) is 17.4 Å². The minimum absolute atomic E-state index is 0.0466. The van der Waals surface area contributed by atoms with Crippen LogP contribution in [-0.4, -0.2) is 22.7 Å². The van der Waals surface area contributed by atoms with E-state index in [4.69, 9.17) is 4.74 Å². The summed E-state index contributed by atoms with van der Waals surface area (Å²) in [6.07, 6.45) is 0. The smallest absolute Gasteiger partial charge is 0.323 e. The number of carbonyl (C=O) groups is 1. The molecule has 4 nitrogen and oxygen atoms in total. The second kappa shape index (κ2) is 6.06. The van der Waals surface area contributed by atoms with Crippen LogP contribution >= 0.6 is 0 Å². The van der Waals surface area contributed by atoms with Crippen molar-refractivity contribution in [2.75, 3.05) is 0 Å². The lowest BCUT2D eigenvalue weighted by Gasteiger charge is -2.24. The molecular weight excluding hydrogens is 242 g/mol. The predicted molar refractivity (Wildman–Crippen MR) is 75.0 cm³/mol. The molecule has 19 heavy (non-hydrogen) atoms. The topological polar surface area (TPSA) is 58.6 Å². The maximum absolute atomic E-state index is 11.9. The van der Waals surface area contributed by atoms with Crippen LogP contribution in [0.5, 0.6) is 5.75 Å². The highest BCUT2D eigenvalue weighted by Gasteiger charge is 2.23. The number of hydrogen-bond acceptors (Lipinski definition) is 4. The number of aromatic hydroxyl groups is 1. The van der Waals surface area contributed by atoms with Crippen molar-refractivity contribution in [3.05, 3.63) is 29.8 Å². The van der Waals surface area contributed by atoms with Gasteiger partial charge >= 0.3 is 5.97 Å². The molecule has 0 aliphatic carbocycles. The van der Waals surface area contributed by atoms with Crippen LogP contribution in [-0.2, 0) is 9.53 Å². The molecule has 0 fully saturated rings. The van der Waals surface area contributed by atoms with E-state index in [9.17, 15) is 9.90 Å². The van der Waals surface area contributed by atoms with Crippen LogP contribution in [0.4, 0.5) is 0 Å². The summed E-state index contributed by atoms with van der Waals surface area (Å²) in [5, 5.41) is 12.6. The highest BCUT2D eigenvalue weighted by atomic mass is 16.6. The Labute approximate surface area is 114 Å². The summed E-state index contributed by atoms with van der Waals surface area (Å²) in [6, 6.07) is 6.53. The third-order valence-corrected chi connectivity index (χ3v) is 2.63. The van der Waals surface area contributed by atoms with Crippen LogP contribution in [0.2, 0.25) is 0 Å². The molecule has 0 amide bonds. The van der Waals surface area contributed by atoms with E-state index in [1.165, 1.54) is 0 Å². The summed E-state index contributed by atoms with van der Waals surface area (Å²) in [7, 11) is 0. The van der Waals surface area contributed by atoms with E-state index in [1.807, 2.05) is 33.8 Å². The van der Waals surface area contributed by atoms with E-state index >= 15 is 0 Å². The molecule has 0 radical (unpaired) electrons. The third kappa shape index (κ3) is 5.30. The average Bonchev–Trinajstić information content (AvgIpc) is 2.26. The zero-order valence-electron chi connectivity index (χ0n) is 12.2. The average molecular weight is 265 g/mol. The minimum Gasteiger partial charge on any atom is -0.508 e. The molecule has 2 N–H and O–H groups in total. The van der Waals surface area contributed by atoms with Crippen molar-refractivity contribution in [1.82, 2.24) is 5.32 Å². The number of nitrogens with one attached hydrogen (secondary N) is 1. The summed E-state index contributed by atoms with van der Waals surface area (Å²) in [5.74, 6) is -0.0597. The summed E-state index contributed by atoms with van der Waals surface area (Å²) in [5.41, 5.74) is 0.441. The van der Waals surface area contributed by atoms with Gasteiger partial charge in [-0.15, -0.1) is 0 Å². The summed E-state index contributed by atoms with van der Waals surface area (Å²) >= 11 is 0.